The molecule has 2 N–H and O–H groups in total. The van der Waals surface area contributed by atoms with Crippen molar-refractivity contribution in [2.75, 3.05) is 27.3 Å². The Hall–Kier alpha value is -0.650. The maximum absolute atomic E-state index is 11.3. The van der Waals surface area contributed by atoms with E-state index in [9.17, 15) is 4.79 Å². The van der Waals surface area contributed by atoms with Gasteiger partial charge in [0.25, 0.3) is 0 Å². The summed E-state index contributed by atoms with van der Waals surface area (Å²) in [6.45, 7) is 5.16. The zero-order valence-corrected chi connectivity index (χ0v) is 10.0. The Morgan fingerprint density at radius 1 is 1.27 bits per heavy atom. The highest BCUT2D eigenvalue weighted by molar-refractivity contribution is 5.76. The first-order valence-corrected chi connectivity index (χ1v) is 5.15. The molecule has 0 heterocycles. The van der Waals surface area contributed by atoms with Crippen molar-refractivity contribution in [3.05, 3.63) is 0 Å². The van der Waals surface area contributed by atoms with Gasteiger partial charge in [0.05, 0.1) is 6.54 Å². The molecule has 0 aromatic heterocycles. The molecule has 0 radical (unpaired) electrons. The van der Waals surface area contributed by atoms with Crippen molar-refractivity contribution in [1.29, 1.82) is 0 Å². The fourth-order valence-corrected chi connectivity index (χ4v) is 1.02. The van der Waals surface area contributed by atoms with Gasteiger partial charge in [0.2, 0.25) is 5.91 Å². The van der Waals surface area contributed by atoms with Crippen LogP contribution in [0.4, 0.5) is 0 Å². The Balaban J connectivity index is 3.48. The van der Waals surface area contributed by atoms with Gasteiger partial charge in [0, 0.05) is 33.2 Å². The predicted octanol–water partition coefficient (Wildman–Crippen LogP) is 0.110. The van der Waals surface area contributed by atoms with E-state index in [1.54, 1.807) is 14.2 Å². The summed E-state index contributed by atoms with van der Waals surface area (Å²) in [4.78, 5) is 11.3. The first kappa shape index (κ1) is 14.3. The van der Waals surface area contributed by atoms with Gasteiger partial charge in [-0.25, -0.2) is 0 Å². The van der Waals surface area contributed by atoms with E-state index in [1.165, 1.54) is 0 Å². The topological polar surface area (TPSA) is 59.6 Å². The fraction of sp³-hybridized carbons (Fsp3) is 0.900. The number of hydrogen-bond donors (Lipinski definition) is 2. The number of amides is 1. The van der Waals surface area contributed by atoms with E-state index in [2.05, 4.69) is 10.6 Å². The van der Waals surface area contributed by atoms with E-state index in [4.69, 9.17) is 9.47 Å². The van der Waals surface area contributed by atoms with Crippen molar-refractivity contribution in [2.45, 2.75) is 32.6 Å². The molecule has 0 aliphatic carbocycles. The number of methoxy groups -OCH3 is 2. The maximum Gasteiger partial charge on any atom is 0.221 e. The van der Waals surface area contributed by atoms with Crippen molar-refractivity contribution in [1.82, 2.24) is 10.6 Å². The number of carbonyl (C=O) groups is 1. The van der Waals surface area contributed by atoms with Crippen LogP contribution in [0.25, 0.3) is 0 Å². The van der Waals surface area contributed by atoms with Crippen LogP contribution in [0.2, 0.25) is 0 Å². The Morgan fingerprint density at radius 2 is 1.87 bits per heavy atom. The zero-order chi connectivity index (χ0) is 11.7. The summed E-state index contributed by atoms with van der Waals surface area (Å²) in [5, 5.41) is 5.90. The lowest BCUT2D eigenvalue weighted by Crippen LogP contribution is -2.36. The molecule has 0 aliphatic rings. The molecule has 0 atom stereocenters. The molecule has 0 aliphatic heterocycles. The van der Waals surface area contributed by atoms with Crippen LogP contribution in [0.1, 0.15) is 20.3 Å². The molecule has 0 aromatic rings. The number of rotatable bonds is 8. The van der Waals surface area contributed by atoms with Gasteiger partial charge in [-0.2, -0.15) is 0 Å². The third kappa shape index (κ3) is 8.35. The van der Waals surface area contributed by atoms with Crippen LogP contribution >= 0.6 is 0 Å². The molecule has 0 fully saturated rings. The molecule has 0 spiro atoms. The summed E-state index contributed by atoms with van der Waals surface area (Å²) in [6.07, 6.45) is 0.102. The first-order chi connectivity index (χ1) is 7.10. The molecule has 0 bridgehead atoms. The van der Waals surface area contributed by atoms with E-state index in [-0.39, 0.29) is 12.2 Å². The van der Waals surface area contributed by atoms with Crippen LogP contribution < -0.4 is 10.6 Å². The van der Waals surface area contributed by atoms with Gasteiger partial charge < -0.3 is 20.1 Å². The second-order valence-corrected chi connectivity index (χ2v) is 3.56. The van der Waals surface area contributed by atoms with Crippen molar-refractivity contribution >= 4 is 5.91 Å². The Labute approximate surface area is 91.5 Å². The van der Waals surface area contributed by atoms with Gasteiger partial charge in [-0.3, -0.25) is 4.79 Å². The van der Waals surface area contributed by atoms with Crippen LogP contribution in [0.3, 0.4) is 0 Å². The summed E-state index contributed by atoms with van der Waals surface area (Å²) in [7, 11) is 3.08. The third-order valence-corrected chi connectivity index (χ3v) is 1.90. The van der Waals surface area contributed by atoms with Gasteiger partial charge in [0.1, 0.15) is 0 Å². The molecule has 5 heteroatoms. The van der Waals surface area contributed by atoms with Crippen molar-refractivity contribution in [3.63, 3.8) is 0 Å². The number of ether oxygens (including phenoxy) is 2. The highest BCUT2D eigenvalue weighted by atomic mass is 16.7. The van der Waals surface area contributed by atoms with Crippen LogP contribution in [-0.2, 0) is 14.3 Å². The van der Waals surface area contributed by atoms with E-state index in [0.29, 0.717) is 25.6 Å². The number of hydrogen-bond acceptors (Lipinski definition) is 4. The summed E-state index contributed by atoms with van der Waals surface area (Å²) < 4.78 is 9.88. The van der Waals surface area contributed by atoms with Crippen molar-refractivity contribution in [3.8, 4) is 0 Å². The molecule has 1 amide bonds. The average Bonchev–Trinajstić information content (AvgIpc) is 2.18. The predicted molar refractivity (Wildman–Crippen MR) is 58.6 cm³/mol. The van der Waals surface area contributed by atoms with Gasteiger partial charge >= 0.3 is 0 Å². The standard InChI is InChI=1S/C10H22N2O3/c1-8(2)11-6-5-9(13)12-7-10(14-3)15-4/h8,10-11H,5-7H2,1-4H3,(H,12,13). The van der Waals surface area contributed by atoms with Gasteiger partial charge in [-0.15, -0.1) is 0 Å². The molecule has 15 heavy (non-hydrogen) atoms. The monoisotopic (exact) mass is 218 g/mol. The molecule has 5 nitrogen and oxygen atoms in total. The minimum atomic E-state index is -0.369. The smallest absolute Gasteiger partial charge is 0.221 e. The minimum absolute atomic E-state index is 0.00208. The number of nitrogens with one attached hydrogen (secondary N) is 2. The van der Waals surface area contributed by atoms with E-state index in [1.807, 2.05) is 13.8 Å². The Bertz CT molecular complexity index is 170. The molecule has 0 unspecified atom stereocenters. The van der Waals surface area contributed by atoms with Crippen LogP contribution in [-0.4, -0.2) is 45.5 Å². The van der Waals surface area contributed by atoms with Crippen LogP contribution in [0.5, 0.6) is 0 Å². The fourth-order valence-electron chi connectivity index (χ4n) is 1.02. The third-order valence-electron chi connectivity index (χ3n) is 1.90. The second kappa shape index (κ2) is 8.64. The van der Waals surface area contributed by atoms with E-state index < -0.39 is 0 Å². The van der Waals surface area contributed by atoms with Crippen molar-refractivity contribution in [2.24, 2.45) is 0 Å². The van der Waals surface area contributed by atoms with E-state index >= 15 is 0 Å². The highest BCUT2D eigenvalue weighted by Crippen LogP contribution is 1.88. The highest BCUT2D eigenvalue weighted by Gasteiger charge is 2.07. The molecule has 0 rings (SSSR count). The van der Waals surface area contributed by atoms with Gasteiger partial charge in [-0.05, 0) is 0 Å². The Kier molecular flexibility index (Phi) is 8.27. The molecule has 0 aromatic carbocycles. The maximum atomic E-state index is 11.3. The second-order valence-electron chi connectivity index (χ2n) is 3.56. The summed E-state index contributed by atoms with van der Waals surface area (Å²) in [6, 6.07) is 0.406. The molecular weight excluding hydrogens is 196 g/mol. The average molecular weight is 218 g/mol. The van der Waals surface area contributed by atoms with Crippen LogP contribution in [0, 0.1) is 0 Å². The largest absolute Gasteiger partial charge is 0.354 e. The molecule has 0 saturated heterocycles. The minimum Gasteiger partial charge on any atom is -0.354 e. The Morgan fingerprint density at radius 3 is 2.33 bits per heavy atom. The quantitative estimate of drug-likeness (QED) is 0.568. The summed E-state index contributed by atoms with van der Waals surface area (Å²) in [5.74, 6) is 0.00208. The van der Waals surface area contributed by atoms with Crippen LogP contribution in [0.15, 0.2) is 0 Å². The lowest BCUT2D eigenvalue weighted by Gasteiger charge is -2.14. The van der Waals surface area contributed by atoms with E-state index in [0.717, 1.165) is 0 Å². The SMILES string of the molecule is COC(CNC(=O)CCNC(C)C)OC. The van der Waals surface area contributed by atoms with Crippen molar-refractivity contribution < 1.29 is 14.3 Å². The first-order valence-electron chi connectivity index (χ1n) is 5.15. The molecule has 90 valence electrons. The lowest BCUT2D eigenvalue weighted by molar-refractivity contribution is -0.127. The molecule has 0 saturated carbocycles. The number of carbonyl (C=O) groups excluding carboxylic acids is 1. The zero-order valence-electron chi connectivity index (χ0n) is 10.0. The van der Waals surface area contributed by atoms with Gasteiger partial charge in [-0.1, -0.05) is 13.8 Å². The summed E-state index contributed by atoms with van der Waals surface area (Å²) >= 11 is 0. The summed E-state index contributed by atoms with van der Waals surface area (Å²) in [5.41, 5.74) is 0. The molecular formula is C10H22N2O3. The lowest BCUT2D eigenvalue weighted by atomic mass is 10.3. The van der Waals surface area contributed by atoms with Gasteiger partial charge in [0.15, 0.2) is 6.29 Å². The normalized spacial score (nSPS) is 11.1.